The van der Waals surface area contributed by atoms with Crippen LogP contribution in [0.2, 0.25) is 5.15 Å². The molecular formula is C15H21ClN2. The first-order chi connectivity index (χ1) is 8.78. The highest BCUT2D eigenvalue weighted by molar-refractivity contribution is 6.29. The van der Waals surface area contributed by atoms with Gasteiger partial charge in [0.25, 0.3) is 0 Å². The molecule has 0 aromatic carbocycles. The molecule has 18 heavy (non-hydrogen) atoms. The normalized spacial score (nSPS) is 30.2. The van der Waals surface area contributed by atoms with Crippen molar-refractivity contribution in [2.75, 3.05) is 5.32 Å². The predicted octanol–water partition coefficient (Wildman–Crippen LogP) is 4.29. The van der Waals surface area contributed by atoms with Gasteiger partial charge in [-0.2, -0.15) is 0 Å². The lowest BCUT2D eigenvalue weighted by atomic mass is 9.70. The Balaban J connectivity index is 1.85. The van der Waals surface area contributed by atoms with E-state index >= 15 is 0 Å². The standard InChI is InChI=1S/C15H21ClN2/c1-2-4-10-5-3-6-13-12(10)9-11-7-8-14(16)18-15(11)17-13/h7-8,10,12-13H,2-6,9H2,1H3,(H,17,18)/t10?,12-,13-/m0/s1. The van der Waals surface area contributed by atoms with Crippen molar-refractivity contribution in [3.8, 4) is 0 Å². The Morgan fingerprint density at radius 1 is 1.39 bits per heavy atom. The molecule has 3 rings (SSSR count). The fraction of sp³-hybridized carbons (Fsp3) is 0.667. The predicted molar refractivity (Wildman–Crippen MR) is 76.1 cm³/mol. The van der Waals surface area contributed by atoms with Crippen LogP contribution in [0, 0.1) is 11.8 Å². The van der Waals surface area contributed by atoms with Crippen LogP contribution in [0.3, 0.4) is 0 Å². The summed E-state index contributed by atoms with van der Waals surface area (Å²) in [6.07, 6.45) is 7.92. The van der Waals surface area contributed by atoms with Gasteiger partial charge in [0.2, 0.25) is 0 Å². The molecule has 3 atom stereocenters. The number of fused-ring (bicyclic) bond motifs is 2. The summed E-state index contributed by atoms with van der Waals surface area (Å²) in [6, 6.07) is 4.68. The molecule has 1 unspecified atom stereocenters. The number of hydrogen-bond donors (Lipinski definition) is 1. The van der Waals surface area contributed by atoms with Gasteiger partial charge in [-0.25, -0.2) is 4.98 Å². The third-order valence-corrected chi connectivity index (χ3v) is 4.80. The van der Waals surface area contributed by atoms with Crippen LogP contribution in [0.15, 0.2) is 12.1 Å². The lowest BCUT2D eigenvalue weighted by molar-refractivity contribution is 0.196. The van der Waals surface area contributed by atoms with Gasteiger partial charge in [0.15, 0.2) is 0 Å². The Bertz CT molecular complexity index is 431. The third kappa shape index (κ3) is 2.23. The van der Waals surface area contributed by atoms with Crippen LogP contribution in [0.1, 0.15) is 44.6 Å². The van der Waals surface area contributed by atoms with Crippen molar-refractivity contribution in [3.63, 3.8) is 0 Å². The highest BCUT2D eigenvalue weighted by atomic mass is 35.5. The average molecular weight is 265 g/mol. The van der Waals surface area contributed by atoms with Gasteiger partial charge in [-0.15, -0.1) is 0 Å². The molecule has 2 nitrogen and oxygen atoms in total. The minimum Gasteiger partial charge on any atom is -0.367 e. The highest BCUT2D eigenvalue weighted by Gasteiger charge is 2.36. The van der Waals surface area contributed by atoms with E-state index in [1.54, 1.807) is 0 Å². The van der Waals surface area contributed by atoms with Crippen LogP contribution >= 0.6 is 11.6 Å². The Labute approximate surface area is 114 Å². The number of rotatable bonds is 2. The summed E-state index contributed by atoms with van der Waals surface area (Å²) in [7, 11) is 0. The first-order valence-corrected chi connectivity index (χ1v) is 7.57. The molecule has 1 aliphatic heterocycles. The molecule has 1 aliphatic carbocycles. The third-order valence-electron chi connectivity index (χ3n) is 4.59. The fourth-order valence-electron chi connectivity index (χ4n) is 3.76. The van der Waals surface area contributed by atoms with E-state index < -0.39 is 0 Å². The van der Waals surface area contributed by atoms with Crippen LogP contribution in [-0.2, 0) is 6.42 Å². The number of anilines is 1. The average Bonchev–Trinajstić information content (AvgIpc) is 2.37. The minimum absolute atomic E-state index is 0.598. The molecule has 0 spiro atoms. The summed E-state index contributed by atoms with van der Waals surface area (Å²) in [5, 5.41) is 4.23. The zero-order chi connectivity index (χ0) is 12.5. The number of nitrogens with zero attached hydrogens (tertiary/aromatic N) is 1. The van der Waals surface area contributed by atoms with Gasteiger partial charge in [0.05, 0.1) is 0 Å². The minimum atomic E-state index is 0.598. The maximum Gasteiger partial charge on any atom is 0.131 e. The van der Waals surface area contributed by atoms with Crippen LogP contribution < -0.4 is 5.32 Å². The first kappa shape index (κ1) is 12.3. The van der Waals surface area contributed by atoms with E-state index in [-0.39, 0.29) is 0 Å². The SMILES string of the molecule is CCCC1CCC[C@@H]2Nc3nc(Cl)ccc3C[C@@H]12. The van der Waals surface area contributed by atoms with Crippen LogP contribution in [-0.4, -0.2) is 11.0 Å². The number of pyridine rings is 1. The molecule has 1 fully saturated rings. The quantitative estimate of drug-likeness (QED) is 0.806. The zero-order valence-corrected chi connectivity index (χ0v) is 11.7. The molecule has 0 bridgehead atoms. The maximum atomic E-state index is 5.98. The van der Waals surface area contributed by atoms with Gasteiger partial charge in [-0.05, 0) is 36.3 Å². The summed E-state index contributed by atoms with van der Waals surface area (Å²) in [5.41, 5.74) is 1.35. The summed E-state index contributed by atoms with van der Waals surface area (Å²) in [4.78, 5) is 4.43. The van der Waals surface area contributed by atoms with Gasteiger partial charge in [0.1, 0.15) is 11.0 Å². The molecule has 0 radical (unpaired) electrons. The van der Waals surface area contributed by atoms with Crippen molar-refractivity contribution in [1.29, 1.82) is 0 Å². The topological polar surface area (TPSA) is 24.9 Å². The van der Waals surface area contributed by atoms with Crippen molar-refractivity contribution in [2.24, 2.45) is 11.8 Å². The van der Waals surface area contributed by atoms with Gasteiger partial charge < -0.3 is 5.32 Å². The van der Waals surface area contributed by atoms with E-state index in [0.29, 0.717) is 11.2 Å². The van der Waals surface area contributed by atoms with Crippen LogP contribution in [0.25, 0.3) is 0 Å². The molecule has 0 saturated heterocycles. The van der Waals surface area contributed by atoms with Crippen molar-refractivity contribution in [1.82, 2.24) is 4.98 Å². The number of halogens is 1. The largest absolute Gasteiger partial charge is 0.367 e. The van der Waals surface area contributed by atoms with Crippen molar-refractivity contribution >= 4 is 17.4 Å². The number of aromatic nitrogens is 1. The van der Waals surface area contributed by atoms with Gasteiger partial charge >= 0.3 is 0 Å². The zero-order valence-electron chi connectivity index (χ0n) is 11.0. The maximum absolute atomic E-state index is 5.98. The van der Waals surface area contributed by atoms with Crippen molar-refractivity contribution < 1.29 is 0 Å². The number of hydrogen-bond acceptors (Lipinski definition) is 2. The summed E-state index contributed by atoms with van der Waals surface area (Å²) in [5.74, 6) is 2.72. The summed E-state index contributed by atoms with van der Waals surface area (Å²) in [6.45, 7) is 2.30. The van der Waals surface area contributed by atoms with Gasteiger partial charge in [-0.3, -0.25) is 0 Å². The lowest BCUT2D eigenvalue weighted by Crippen LogP contribution is -2.42. The smallest absolute Gasteiger partial charge is 0.131 e. The lowest BCUT2D eigenvalue weighted by Gasteiger charge is -2.42. The second kappa shape index (κ2) is 5.08. The van der Waals surface area contributed by atoms with Crippen LogP contribution in [0.4, 0.5) is 5.82 Å². The number of nitrogens with one attached hydrogen (secondary N) is 1. The summed E-state index contributed by atoms with van der Waals surface area (Å²) < 4.78 is 0. The van der Waals surface area contributed by atoms with E-state index in [4.69, 9.17) is 11.6 Å². The van der Waals surface area contributed by atoms with Crippen molar-refractivity contribution in [3.05, 3.63) is 22.8 Å². The Kier molecular flexibility index (Phi) is 3.47. The first-order valence-electron chi connectivity index (χ1n) is 7.20. The highest BCUT2D eigenvalue weighted by Crippen LogP contribution is 2.41. The van der Waals surface area contributed by atoms with E-state index in [1.165, 1.54) is 44.1 Å². The second-order valence-electron chi connectivity index (χ2n) is 5.74. The van der Waals surface area contributed by atoms with E-state index in [1.807, 2.05) is 6.07 Å². The molecule has 1 N–H and O–H groups in total. The fourth-order valence-corrected chi connectivity index (χ4v) is 3.90. The Morgan fingerprint density at radius 3 is 3.11 bits per heavy atom. The van der Waals surface area contributed by atoms with Gasteiger partial charge in [0, 0.05) is 6.04 Å². The molecule has 2 aliphatic rings. The van der Waals surface area contributed by atoms with E-state index in [9.17, 15) is 0 Å². The molecule has 2 heterocycles. The molecule has 1 aromatic rings. The molecule has 98 valence electrons. The monoisotopic (exact) mass is 264 g/mol. The molecule has 0 amide bonds. The van der Waals surface area contributed by atoms with Crippen LogP contribution in [0.5, 0.6) is 0 Å². The van der Waals surface area contributed by atoms with E-state index in [0.717, 1.165) is 17.7 Å². The molecular weight excluding hydrogens is 244 g/mol. The molecule has 1 saturated carbocycles. The van der Waals surface area contributed by atoms with Gasteiger partial charge in [-0.1, -0.05) is 50.3 Å². The van der Waals surface area contributed by atoms with E-state index in [2.05, 4.69) is 23.3 Å². The summed E-state index contributed by atoms with van der Waals surface area (Å²) >= 11 is 5.98. The molecule has 1 aromatic heterocycles. The Morgan fingerprint density at radius 2 is 2.28 bits per heavy atom. The Hall–Kier alpha value is -0.760. The second-order valence-corrected chi connectivity index (χ2v) is 6.13. The van der Waals surface area contributed by atoms with Crippen molar-refractivity contribution in [2.45, 2.75) is 51.5 Å². The molecule has 3 heteroatoms.